The van der Waals surface area contributed by atoms with E-state index in [9.17, 15) is 12.8 Å². The van der Waals surface area contributed by atoms with E-state index in [1.54, 1.807) is 24.3 Å². The third kappa shape index (κ3) is 3.72. The molecule has 134 valence electrons. The highest BCUT2D eigenvalue weighted by molar-refractivity contribution is 7.89. The predicted octanol–water partition coefficient (Wildman–Crippen LogP) is 4.02. The van der Waals surface area contributed by atoms with Crippen LogP contribution < -0.4 is 0 Å². The Kier molecular flexibility index (Phi) is 4.90. The number of ether oxygens (including phenoxy) is 1. The molecule has 2 aromatic carbocycles. The number of rotatable bonds is 3. The van der Waals surface area contributed by atoms with E-state index >= 15 is 0 Å². The number of morpholine rings is 1. The van der Waals surface area contributed by atoms with Gasteiger partial charge in [0.1, 0.15) is 5.82 Å². The highest BCUT2D eigenvalue weighted by Gasteiger charge is 2.43. The third-order valence-corrected chi connectivity index (χ3v) is 6.63. The number of benzene rings is 2. The average Bonchev–Trinajstić information content (AvgIpc) is 2.56. The zero-order valence-electron chi connectivity index (χ0n) is 13.9. The first-order valence-electron chi connectivity index (χ1n) is 7.86. The lowest BCUT2D eigenvalue weighted by molar-refractivity contribution is -0.0655. The Morgan fingerprint density at radius 2 is 1.72 bits per heavy atom. The van der Waals surface area contributed by atoms with Gasteiger partial charge < -0.3 is 4.74 Å². The Morgan fingerprint density at radius 1 is 1.12 bits per heavy atom. The van der Waals surface area contributed by atoms with Crippen LogP contribution in [0.2, 0.25) is 5.02 Å². The lowest BCUT2D eigenvalue weighted by Gasteiger charge is -2.44. The maximum absolute atomic E-state index is 13.1. The Morgan fingerprint density at radius 3 is 2.32 bits per heavy atom. The maximum Gasteiger partial charge on any atom is 0.243 e. The van der Waals surface area contributed by atoms with E-state index < -0.39 is 21.7 Å². The molecule has 0 amide bonds. The molecular formula is C18H19ClFNO3S. The van der Waals surface area contributed by atoms with Crippen molar-refractivity contribution in [3.8, 4) is 0 Å². The molecule has 25 heavy (non-hydrogen) atoms. The topological polar surface area (TPSA) is 46.6 Å². The number of hydrogen-bond donors (Lipinski definition) is 0. The second kappa shape index (κ2) is 6.68. The highest BCUT2D eigenvalue weighted by Crippen LogP contribution is 2.34. The molecule has 0 N–H and O–H groups in total. The summed E-state index contributed by atoms with van der Waals surface area (Å²) in [5.74, 6) is -0.342. The minimum absolute atomic E-state index is 0.156. The lowest BCUT2D eigenvalue weighted by Crippen LogP contribution is -2.56. The van der Waals surface area contributed by atoms with Crippen molar-refractivity contribution in [3.63, 3.8) is 0 Å². The standard InChI is InChI=1S/C18H19ClFNO3S/c1-18(2)12-24-17(13-3-7-15(20)8-4-13)11-21(18)25(22,23)16-9-5-14(19)6-10-16/h3-10,17H,11-12H2,1-2H3. The van der Waals surface area contributed by atoms with Gasteiger partial charge >= 0.3 is 0 Å². The molecule has 3 rings (SSSR count). The molecule has 2 aromatic rings. The van der Waals surface area contributed by atoms with E-state index in [1.807, 2.05) is 13.8 Å². The van der Waals surface area contributed by atoms with E-state index in [0.29, 0.717) is 5.02 Å². The van der Waals surface area contributed by atoms with Crippen LogP contribution >= 0.6 is 11.6 Å². The van der Waals surface area contributed by atoms with Crippen molar-refractivity contribution in [2.75, 3.05) is 13.2 Å². The first-order chi connectivity index (χ1) is 11.7. The quantitative estimate of drug-likeness (QED) is 0.804. The summed E-state index contributed by atoms with van der Waals surface area (Å²) in [6, 6.07) is 12.0. The number of hydrogen-bond acceptors (Lipinski definition) is 3. The fourth-order valence-corrected chi connectivity index (χ4v) is 4.76. The Bertz CT molecular complexity index is 851. The van der Waals surface area contributed by atoms with Crippen molar-refractivity contribution < 1.29 is 17.5 Å². The van der Waals surface area contributed by atoms with Crippen LogP contribution in [0.25, 0.3) is 0 Å². The van der Waals surface area contributed by atoms with Gasteiger partial charge in [-0.2, -0.15) is 4.31 Å². The number of halogens is 2. The molecule has 1 heterocycles. The van der Waals surface area contributed by atoms with Gasteiger partial charge in [-0.05, 0) is 55.8 Å². The molecule has 7 heteroatoms. The van der Waals surface area contributed by atoms with Crippen molar-refractivity contribution in [2.24, 2.45) is 0 Å². The van der Waals surface area contributed by atoms with Crippen LogP contribution in [-0.4, -0.2) is 31.4 Å². The Hall–Kier alpha value is -1.47. The third-order valence-electron chi connectivity index (χ3n) is 4.29. The van der Waals surface area contributed by atoms with Gasteiger partial charge in [0.25, 0.3) is 0 Å². The molecular weight excluding hydrogens is 365 g/mol. The van der Waals surface area contributed by atoms with Gasteiger partial charge in [0, 0.05) is 11.6 Å². The van der Waals surface area contributed by atoms with Crippen molar-refractivity contribution in [2.45, 2.75) is 30.4 Å². The van der Waals surface area contributed by atoms with Crippen LogP contribution in [0, 0.1) is 5.82 Å². The van der Waals surface area contributed by atoms with Gasteiger partial charge in [0.2, 0.25) is 10.0 Å². The molecule has 1 aliphatic rings. The first-order valence-corrected chi connectivity index (χ1v) is 9.67. The summed E-state index contributed by atoms with van der Waals surface area (Å²) in [6.45, 7) is 4.04. The Balaban J connectivity index is 1.94. The van der Waals surface area contributed by atoms with Gasteiger partial charge in [-0.25, -0.2) is 12.8 Å². The molecule has 1 saturated heterocycles. The molecule has 0 aliphatic carbocycles. The normalized spacial score (nSPS) is 21.2. The summed E-state index contributed by atoms with van der Waals surface area (Å²) >= 11 is 5.86. The van der Waals surface area contributed by atoms with E-state index in [4.69, 9.17) is 16.3 Å². The molecule has 0 spiro atoms. The summed E-state index contributed by atoms with van der Waals surface area (Å²) in [5.41, 5.74) is 0.0443. The molecule has 1 unspecified atom stereocenters. The van der Waals surface area contributed by atoms with Gasteiger partial charge in [-0.1, -0.05) is 23.7 Å². The van der Waals surface area contributed by atoms with E-state index in [1.165, 1.54) is 28.6 Å². The predicted molar refractivity (Wildman–Crippen MR) is 94.5 cm³/mol. The molecule has 1 atom stereocenters. The fraction of sp³-hybridized carbons (Fsp3) is 0.333. The van der Waals surface area contributed by atoms with Crippen LogP contribution in [0.1, 0.15) is 25.5 Å². The van der Waals surface area contributed by atoms with E-state index in [0.717, 1.165) is 5.56 Å². The molecule has 0 aromatic heterocycles. The van der Waals surface area contributed by atoms with E-state index in [-0.39, 0.29) is 23.9 Å². The molecule has 0 radical (unpaired) electrons. The van der Waals surface area contributed by atoms with Gasteiger partial charge in [-0.15, -0.1) is 0 Å². The van der Waals surface area contributed by atoms with Crippen molar-refractivity contribution >= 4 is 21.6 Å². The molecule has 4 nitrogen and oxygen atoms in total. The zero-order chi connectivity index (χ0) is 18.2. The molecule has 1 aliphatic heterocycles. The summed E-state index contributed by atoms with van der Waals surface area (Å²) in [4.78, 5) is 0.185. The number of nitrogens with zero attached hydrogens (tertiary/aromatic N) is 1. The first kappa shape index (κ1) is 18.3. The smallest absolute Gasteiger partial charge is 0.243 e. The molecule has 0 saturated carbocycles. The SMILES string of the molecule is CC1(C)COC(c2ccc(F)cc2)CN1S(=O)(=O)c1ccc(Cl)cc1. The van der Waals surface area contributed by atoms with Crippen LogP contribution in [0.15, 0.2) is 53.4 Å². The minimum atomic E-state index is -3.71. The second-order valence-corrected chi connectivity index (χ2v) is 8.95. The van der Waals surface area contributed by atoms with Gasteiger partial charge in [-0.3, -0.25) is 0 Å². The fourth-order valence-electron chi connectivity index (χ4n) is 2.86. The minimum Gasteiger partial charge on any atom is -0.370 e. The van der Waals surface area contributed by atoms with Crippen LogP contribution in [-0.2, 0) is 14.8 Å². The molecule has 1 fully saturated rings. The van der Waals surface area contributed by atoms with Gasteiger partial charge in [0.05, 0.1) is 23.1 Å². The van der Waals surface area contributed by atoms with Crippen LogP contribution in [0.5, 0.6) is 0 Å². The van der Waals surface area contributed by atoms with Crippen molar-refractivity contribution in [1.29, 1.82) is 0 Å². The van der Waals surface area contributed by atoms with Crippen LogP contribution in [0.3, 0.4) is 0 Å². The largest absolute Gasteiger partial charge is 0.370 e. The highest BCUT2D eigenvalue weighted by atomic mass is 35.5. The summed E-state index contributed by atoms with van der Waals surface area (Å²) in [5, 5.41) is 0.476. The van der Waals surface area contributed by atoms with Crippen LogP contribution in [0.4, 0.5) is 4.39 Å². The monoisotopic (exact) mass is 383 g/mol. The van der Waals surface area contributed by atoms with Gasteiger partial charge in [0.15, 0.2) is 0 Å². The number of sulfonamides is 1. The summed E-state index contributed by atoms with van der Waals surface area (Å²) in [7, 11) is -3.71. The van der Waals surface area contributed by atoms with Crippen molar-refractivity contribution in [1.82, 2.24) is 4.31 Å². The zero-order valence-corrected chi connectivity index (χ0v) is 15.5. The summed E-state index contributed by atoms with van der Waals surface area (Å²) in [6.07, 6.45) is -0.448. The van der Waals surface area contributed by atoms with E-state index in [2.05, 4.69) is 0 Å². The lowest BCUT2D eigenvalue weighted by atomic mass is 10.0. The molecule has 0 bridgehead atoms. The average molecular weight is 384 g/mol. The maximum atomic E-state index is 13.1. The second-order valence-electron chi connectivity index (χ2n) is 6.65. The summed E-state index contributed by atoms with van der Waals surface area (Å²) < 4.78 is 46.7. The Labute approximate surface area is 152 Å². The van der Waals surface area contributed by atoms with Crippen molar-refractivity contribution in [3.05, 3.63) is 64.9 Å².